The lowest BCUT2D eigenvalue weighted by molar-refractivity contribution is -0.899. The van der Waals surface area contributed by atoms with E-state index >= 15 is 0 Å². The lowest BCUT2D eigenvalue weighted by atomic mass is 9.84. The Morgan fingerprint density at radius 2 is 2.00 bits per heavy atom. The van der Waals surface area contributed by atoms with Crippen molar-refractivity contribution in [1.82, 2.24) is 9.78 Å². The number of aryl methyl sites for hydroxylation is 2. The van der Waals surface area contributed by atoms with E-state index in [9.17, 15) is 9.90 Å². The molecule has 27 heavy (non-hydrogen) atoms. The summed E-state index contributed by atoms with van der Waals surface area (Å²) in [4.78, 5) is 13.6. The van der Waals surface area contributed by atoms with Gasteiger partial charge < -0.3 is 20.1 Å². The van der Waals surface area contributed by atoms with E-state index in [1.165, 1.54) is 4.90 Å². The number of carbonyl (C=O) groups is 1. The number of anilines is 1. The van der Waals surface area contributed by atoms with Crippen LogP contribution in [0.2, 0.25) is 0 Å². The Morgan fingerprint density at radius 3 is 2.59 bits per heavy atom. The number of nitrogens with zero attached hydrogens (tertiary/aromatic N) is 2. The number of hydrogen-bond donors (Lipinski definition) is 3. The average molecular weight is 373 g/mol. The number of likely N-dealkylation sites (tertiary alicyclic amines) is 1. The van der Waals surface area contributed by atoms with Gasteiger partial charge in [-0.25, -0.2) is 0 Å². The minimum atomic E-state index is -0.900. The summed E-state index contributed by atoms with van der Waals surface area (Å²) < 4.78 is 7.18. The van der Waals surface area contributed by atoms with Crippen LogP contribution < -0.4 is 15.0 Å². The molecule has 1 saturated heterocycles. The van der Waals surface area contributed by atoms with Gasteiger partial charge in [0.1, 0.15) is 11.4 Å². The lowest BCUT2D eigenvalue weighted by Crippen LogP contribution is -3.14. The highest BCUT2D eigenvalue weighted by molar-refractivity contribution is 5.92. The van der Waals surface area contributed by atoms with Gasteiger partial charge in [-0.2, -0.15) is 5.10 Å². The molecule has 1 amide bonds. The zero-order valence-corrected chi connectivity index (χ0v) is 16.5. The standard InChI is InChI=1S/C20H28N4O3/c1-14-19(15(2)23(3)22-14)21-18(25)13-24-11-9-20(26,10-12-24)16-7-5-6-8-17(16)27-4/h5-8,26H,9-13H2,1-4H3,(H,21,25)/p+1. The first-order valence-electron chi connectivity index (χ1n) is 9.33. The van der Waals surface area contributed by atoms with Crippen molar-refractivity contribution in [2.24, 2.45) is 7.05 Å². The van der Waals surface area contributed by atoms with E-state index in [0.717, 1.165) is 35.7 Å². The highest BCUT2D eigenvalue weighted by Crippen LogP contribution is 2.35. The lowest BCUT2D eigenvalue weighted by Gasteiger charge is -2.36. The number of benzene rings is 1. The van der Waals surface area contributed by atoms with Gasteiger partial charge >= 0.3 is 0 Å². The maximum atomic E-state index is 12.5. The van der Waals surface area contributed by atoms with Gasteiger partial charge in [-0.1, -0.05) is 18.2 Å². The predicted octanol–water partition coefficient (Wildman–Crippen LogP) is 0.551. The number of piperidine rings is 1. The number of methoxy groups -OCH3 is 1. The van der Waals surface area contributed by atoms with Crippen LogP contribution in [0.3, 0.4) is 0 Å². The van der Waals surface area contributed by atoms with Crippen LogP contribution in [0.15, 0.2) is 24.3 Å². The molecule has 1 aliphatic rings. The molecule has 3 N–H and O–H groups in total. The molecule has 0 radical (unpaired) electrons. The summed E-state index contributed by atoms with van der Waals surface area (Å²) in [5.41, 5.74) is 2.49. The minimum Gasteiger partial charge on any atom is -0.496 e. The average Bonchev–Trinajstić information content (AvgIpc) is 2.90. The number of hydrogen-bond acceptors (Lipinski definition) is 4. The second-order valence-electron chi connectivity index (χ2n) is 7.38. The summed E-state index contributed by atoms with van der Waals surface area (Å²) in [6, 6.07) is 7.61. The minimum absolute atomic E-state index is 0.0214. The first-order chi connectivity index (χ1) is 12.8. The first kappa shape index (κ1) is 19.4. The molecule has 7 nitrogen and oxygen atoms in total. The summed E-state index contributed by atoms with van der Waals surface area (Å²) in [6.07, 6.45) is 1.20. The number of carbonyl (C=O) groups excluding carboxylic acids is 1. The van der Waals surface area contributed by atoms with Crippen molar-refractivity contribution in [1.29, 1.82) is 0 Å². The number of aliphatic hydroxyl groups is 1. The molecule has 0 spiro atoms. The Balaban J connectivity index is 1.60. The van der Waals surface area contributed by atoms with Crippen LogP contribution in [0, 0.1) is 13.8 Å². The van der Waals surface area contributed by atoms with Crippen LogP contribution in [0.4, 0.5) is 5.69 Å². The van der Waals surface area contributed by atoms with E-state index in [1.54, 1.807) is 11.8 Å². The predicted molar refractivity (Wildman–Crippen MR) is 103 cm³/mol. The van der Waals surface area contributed by atoms with Crippen LogP contribution in [0.25, 0.3) is 0 Å². The Bertz CT molecular complexity index is 823. The van der Waals surface area contributed by atoms with E-state index in [-0.39, 0.29) is 5.91 Å². The molecule has 1 aromatic heterocycles. The van der Waals surface area contributed by atoms with Gasteiger partial charge in [-0.05, 0) is 19.9 Å². The van der Waals surface area contributed by atoms with Gasteiger partial charge in [0, 0.05) is 25.5 Å². The van der Waals surface area contributed by atoms with Gasteiger partial charge in [0.05, 0.1) is 37.3 Å². The van der Waals surface area contributed by atoms with Crippen LogP contribution in [0.5, 0.6) is 5.75 Å². The fourth-order valence-electron chi connectivity index (χ4n) is 3.86. The van der Waals surface area contributed by atoms with Crippen molar-refractivity contribution in [3.8, 4) is 5.75 Å². The second kappa shape index (κ2) is 7.70. The van der Waals surface area contributed by atoms with Crippen LogP contribution in [0.1, 0.15) is 29.8 Å². The summed E-state index contributed by atoms with van der Waals surface area (Å²) in [7, 11) is 3.49. The fourth-order valence-corrected chi connectivity index (χ4v) is 3.86. The molecular formula is C20H29N4O3+. The normalized spacial score (nSPS) is 22.5. The Labute approximate surface area is 159 Å². The monoisotopic (exact) mass is 373 g/mol. The third-order valence-corrected chi connectivity index (χ3v) is 5.58. The van der Waals surface area contributed by atoms with Crippen molar-refractivity contribution < 1.29 is 19.5 Å². The molecule has 1 aromatic carbocycles. The first-order valence-corrected chi connectivity index (χ1v) is 9.33. The summed E-state index contributed by atoms with van der Waals surface area (Å²) in [6.45, 7) is 5.68. The third-order valence-electron chi connectivity index (χ3n) is 5.58. The maximum absolute atomic E-state index is 12.5. The van der Waals surface area contributed by atoms with Crippen molar-refractivity contribution in [3.05, 3.63) is 41.2 Å². The Morgan fingerprint density at radius 1 is 1.33 bits per heavy atom. The van der Waals surface area contributed by atoms with Crippen LogP contribution in [-0.4, -0.2) is 47.5 Å². The van der Waals surface area contributed by atoms with E-state index in [2.05, 4.69) is 10.4 Å². The molecular weight excluding hydrogens is 344 g/mol. The van der Waals surface area contributed by atoms with Gasteiger partial charge in [0.2, 0.25) is 0 Å². The fraction of sp³-hybridized carbons (Fsp3) is 0.500. The highest BCUT2D eigenvalue weighted by Gasteiger charge is 2.38. The number of aromatic nitrogens is 2. The Hall–Kier alpha value is -2.38. The van der Waals surface area contributed by atoms with Crippen molar-refractivity contribution in [3.63, 3.8) is 0 Å². The summed E-state index contributed by atoms with van der Waals surface area (Å²) in [5, 5.41) is 18.4. The number of ether oxygens (including phenoxy) is 1. The molecule has 3 rings (SSSR count). The van der Waals surface area contributed by atoms with E-state index in [1.807, 2.05) is 45.2 Å². The maximum Gasteiger partial charge on any atom is 0.279 e. The topological polar surface area (TPSA) is 80.8 Å². The van der Waals surface area contributed by atoms with Crippen LogP contribution >= 0.6 is 0 Å². The summed E-state index contributed by atoms with van der Waals surface area (Å²) >= 11 is 0. The van der Waals surface area contributed by atoms with Crippen molar-refractivity contribution in [2.75, 3.05) is 32.1 Å². The van der Waals surface area contributed by atoms with E-state index < -0.39 is 5.60 Å². The SMILES string of the molecule is COc1ccccc1C1(O)CC[NH+](CC(=O)Nc2c(C)nn(C)c2C)CC1. The smallest absolute Gasteiger partial charge is 0.279 e. The zero-order valence-electron chi connectivity index (χ0n) is 16.5. The van der Waals surface area contributed by atoms with E-state index in [4.69, 9.17) is 4.74 Å². The molecule has 1 aliphatic heterocycles. The third kappa shape index (κ3) is 3.99. The number of nitrogens with one attached hydrogen (secondary N) is 2. The quantitative estimate of drug-likeness (QED) is 0.715. The van der Waals surface area contributed by atoms with Gasteiger partial charge in [-0.15, -0.1) is 0 Å². The van der Waals surface area contributed by atoms with Crippen molar-refractivity contribution >= 4 is 11.6 Å². The zero-order chi connectivity index (χ0) is 19.6. The molecule has 0 aliphatic carbocycles. The van der Waals surface area contributed by atoms with Crippen molar-refractivity contribution in [2.45, 2.75) is 32.3 Å². The largest absolute Gasteiger partial charge is 0.496 e. The van der Waals surface area contributed by atoms with Gasteiger partial charge in [0.15, 0.2) is 6.54 Å². The molecule has 2 heterocycles. The molecule has 146 valence electrons. The molecule has 0 saturated carbocycles. The number of quaternary nitrogens is 1. The number of rotatable bonds is 5. The van der Waals surface area contributed by atoms with Crippen LogP contribution in [-0.2, 0) is 17.4 Å². The molecule has 7 heteroatoms. The van der Waals surface area contributed by atoms with E-state index in [0.29, 0.717) is 25.1 Å². The number of amides is 1. The van der Waals surface area contributed by atoms with Gasteiger partial charge in [0.25, 0.3) is 5.91 Å². The van der Waals surface area contributed by atoms with Gasteiger partial charge in [-0.3, -0.25) is 9.48 Å². The molecule has 0 unspecified atom stereocenters. The molecule has 0 bridgehead atoms. The Kier molecular flexibility index (Phi) is 5.53. The molecule has 1 fully saturated rings. The highest BCUT2D eigenvalue weighted by atomic mass is 16.5. The summed E-state index contributed by atoms with van der Waals surface area (Å²) in [5.74, 6) is 0.690. The second-order valence-corrected chi connectivity index (χ2v) is 7.38. The molecule has 0 atom stereocenters. The number of para-hydroxylation sites is 1. The molecule has 2 aromatic rings.